The molecule has 1 aromatic carbocycles. The topological polar surface area (TPSA) is 131 Å². The molecule has 1 aromatic heterocycles. The molecule has 5 N–H and O–H groups in total. The predicted octanol–water partition coefficient (Wildman–Crippen LogP) is 3.21. The van der Waals surface area contributed by atoms with Gasteiger partial charge < -0.3 is 26.4 Å². The lowest BCUT2D eigenvalue weighted by Crippen LogP contribution is -2.32. The number of pyridine rings is 1. The normalized spacial score (nSPS) is 12.2. The summed E-state index contributed by atoms with van der Waals surface area (Å²) < 4.78 is 5.82. The van der Waals surface area contributed by atoms with Crippen molar-refractivity contribution in [3.8, 4) is 5.75 Å². The van der Waals surface area contributed by atoms with Crippen molar-refractivity contribution in [3.05, 3.63) is 48.7 Å². The molecule has 154 valence electrons. The number of para-hydroxylation sites is 1. The van der Waals surface area contributed by atoms with E-state index in [9.17, 15) is 4.79 Å². The molecular formula is C20H27N7O2. The summed E-state index contributed by atoms with van der Waals surface area (Å²) in [5.41, 5.74) is 12.3. The van der Waals surface area contributed by atoms with Crippen LogP contribution in [0.5, 0.6) is 5.75 Å². The van der Waals surface area contributed by atoms with Gasteiger partial charge in [-0.05, 0) is 45.3 Å². The molecule has 1 atom stereocenters. The minimum absolute atomic E-state index is 0.130. The second-order valence-electron chi connectivity index (χ2n) is 6.74. The van der Waals surface area contributed by atoms with Gasteiger partial charge in [0, 0.05) is 13.0 Å². The number of azo groups is 1. The van der Waals surface area contributed by atoms with E-state index in [1.54, 1.807) is 31.2 Å². The lowest BCUT2D eigenvalue weighted by molar-refractivity contribution is -0.117. The molecule has 1 heterocycles. The van der Waals surface area contributed by atoms with Gasteiger partial charge in [0.25, 0.3) is 0 Å². The van der Waals surface area contributed by atoms with Gasteiger partial charge in [-0.1, -0.05) is 18.7 Å². The first-order valence-electron chi connectivity index (χ1n) is 9.10. The number of benzene rings is 1. The number of carbonyl (C=O) groups is 1. The molecule has 29 heavy (non-hydrogen) atoms. The molecule has 0 spiro atoms. The molecular weight excluding hydrogens is 370 g/mol. The molecule has 0 aliphatic carbocycles. The van der Waals surface area contributed by atoms with Gasteiger partial charge in [0.15, 0.2) is 11.6 Å². The second-order valence-corrected chi connectivity index (χ2v) is 6.74. The lowest BCUT2D eigenvalue weighted by Gasteiger charge is -2.13. The van der Waals surface area contributed by atoms with Crippen LogP contribution in [0, 0.1) is 0 Å². The van der Waals surface area contributed by atoms with Crippen LogP contribution >= 0.6 is 0 Å². The van der Waals surface area contributed by atoms with Crippen LogP contribution in [0.4, 0.5) is 23.0 Å². The highest BCUT2D eigenvalue weighted by atomic mass is 16.5. The highest BCUT2D eigenvalue weighted by Gasteiger charge is 2.10. The van der Waals surface area contributed by atoms with Crippen LogP contribution < -0.4 is 21.5 Å². The van der Waals surface area contributed by atoms with E-state index in [-0.39, 0.29) is 11.7 Å². The van der Waals surface area contributed by atoms with E-state index in [4.69, 9.17) is 16.2 Å². The van der Waals surface area contributed by atoms with Crippen molar-refractivity contribution in [1.29, 1.82) is 0 Å². The number of nitrogen functional groups attached to an aromatic ring is 1. The van der Waals surface area contributed by atoms with Gasteiger partial charge in [-0.25, -0.2) is 4.98 Å². The maximum Gasteiger partial charge on any atom is 0.242 e. The Bertz CT molecular complexity index is 894. The van der Waals surface area contributed by atoms with Gasteiger partial charge in [-0.3, -0.25) is 4.79 Å². The highest BCUT2D eigenvalue weighted by Crippen LogP contribution is 2.31. The van der Waals surface area contributed by atoms with Gasteiger partial charge in [0.05, 0.1) is 11.8 Å². The van der Waals surface area contributed by atoms with Crippen LogP contribution in [0.25, 0.3) is 0 Å². The molecule has 0 bridgehead atoms. The van der Waals surface area contributed by atoms with Gasteiger partial charge in [-0.15, -0.1) is 10.2 Å². The molecule has 0 fully saturated rings. The zero-order valence-corrected chi connectivity index (χ0v) is 16.9. The Balaban J connectivity index is 2.12. The Morgan fingerprint density at radius 2 is 1.93 bits per heavy atom. The van der Waals surface area contributed by atoms with E-state index >= 15 is 0 Å². The van der Waals surface area contributed by atoms with E-state index in [1.807, 2.05) is 26.2 Å². The fourth-order valence-electron chi connectivity index (χ4n) is 2.15. The summed E-state index contributed by atoms with van der Waals surface area (Å²) in [6.07, 6.45) is 0.698. The number of nitrogens with two attached hydrogens (primary N) is 2. The van der Waals surface area contributed by atoms with E-state index < -0.39 is 6.04 Å². The van der Waals surface area contributed by atoms with Crippen LogP contribution in [0.1, 0.15) is 13.3 Å². The molecule has 0 saturated heterocycles. The number of anilines is 2. The fraction of sp³-hybridized carbons (Fsp3) is 0.300. The Hall–Kier alpha value is -3.30. The van der Waals surface area contributed by atoms with Crippen LogP contribution in [0.2, 0.25) is 0 Å². The third-order valence-electron chi connectivity index (χ3n) is 3.79. The Morgan fingerprint density at radius 3 is 2.59 bits per heavy atom. The maximum absolute atomic E-state index is 11.6. The Labute approximate surface area is 170 Å². The number of nitrogens with zero attached hydrogens (tertiary/aromatic N) is 4. The number of aromatic nitrogens is 1. The summed E-state index contributed by atoms with van der Waals surface area (Å²) in [7, 11) is 3.97. The standard InChI is InChI=1S/C20H27N7O2/c1-13(11-12-27(3)4)29-17-8-6-5-7-15(17)25-26-16-9-10-18(23-19(16)22)24-20(28)14(2)21/h5-10,14H,1,11-12,21H2,2-4H3,(H3,22,23,24,28)/t14-/m0/s1. The third-order valence-corrected chi connectivity index (χ3v) is 3.79. The number of carbonyl (C=O) groups excluding carboxylic acids is 1. The zero-order chi connectivity index (χ0) is 21.4. The highest BCUT2D eigenvalue weighted by molar-refractivity contribution is 5.93. The molecule has 0 radical (unpaired) electrons. The Kier molecular flexibility index (Phi) is 7.81. The van der Waals surface area contributed by atoms with Crippen molar-refractivity contribution in [1.82, 2.24) is 9.88 Å². The predicted molar refractivity (Wildman–Crippen MR) is 114 cm³/mol. The van der Waals surface area contributed by atoms with Gasteiger partial charge in [-0.2, -0.15) is 0 Å². The van der Waals surface area contributed by atoms with Crippen molar-refractivity contribution in [2.75, 3.05) is 31.7 Å². The molecule has 0 saturated carbocycles. The van der Waals surface area contributed by atoms with Gasteiger partial charge in [0.2, 0.25) is 5.91 Å². The number of ether oxygens (including phenoxy) is 1. The number of hydrogen-bond donors (Lipinski definition) is 3. The molecule has 9 nitrogen and oxygen atoms in total. The molecule has 0 aliphatic heterocycles. The van der Waals surface area contributed by atoms with Gasteiger partial charge in [0.1, 0.15) is 17.2 Å². The first-order chi connectivity index (χ1) is 13.8. The van der Waals surface area contributed by atoms with Crippen molar-refractivity contribution < 1.29 is 9.53 Å². The second kappa shape index (κ2) is 10.3. The Morgan fingerprint density at radius 1 is 1.24 bits per heavy atom. The molecule has 9 heteroatoms. The van der Waals surface area contributed by atoms with Crippen LogP contribution in [0.15, 0.2) is 59.0 Å². The molecule has 2 rings (SSSR count). The maximum atomic E-state index is 11.6. The van der Waals surface area contributed by atoms with E-state index in [2.05, 4.69) is 32.0 Å². The summed E-state index contributed by atoms with van der Waals surface area (Å²) in [6.45, 7) is 6.36. The minimum Gasteiger partial charge on any atom is -0.460 e. The number of hydrogen-bond acceptors (Lipinski definition) is 8. The van der Waals surface area contributed by atoms with Gasteiger partial charge >= 0.3 is 0 Å². The van der Waals surface area contributed by atoms with E-state index in [0.717, 1.165) is 6.54 Å². The SMILES string of the molecule is C=C(CCN(C)C)Oc1ccccc1N=Nc1ccc(NC(=O)[C@H](C)N)nc1N. The lowest BCUT2D eigenvalue weighted by atomic mass is 10.3. The van der Waals surface area contributed by atoms with E-state index in [1.165, 1.54) is 0 Å². The van der Waals surface area contributed by atoms with Crippen LogP contribution in [0.3, 0.4) is 0 Å². The van der Waals surface area contributed by atoms with Crippen molar-refractivity contribution in [2.24, 2.45) is 16.0 Å². The molecule has 0 unspecified atom stereocenters. The third kappa shape index (κ3) is 6.98. The average Bonchev–Trinajstić information content (AvgIpc) is 2.66. The van der Waals surface area contributed by atoms with Crippen LogP contribution in [-0.4, -0.2) is 42.5 Å². The van der Waals surface area contributed by atoms with Crippen LogP contribution in [-0.2, 0) is 4.79 Å². The zero-order valence-electron chi connectivity index (χ0n) is 16.9. The van der Waals surface area contributed by atoms with E-state index in [0.29, 0.717) is 35.1 Å². The summed E-state index contributed by atoms with van der Waals surface area (Å²) in [5.74, 6) is 1.26. The largest absolute Gasteiger partial charge is 0.460 e. The fourth-order valence-corrected chi connectivity index (χ4v) is 2.15. The quantitative estimate of drug-likeness (QED) is 0.440. The first-order valence-corrected chi connectivity index (χ1v) is 9.10. The summed E-state index contributed by atoms with van der Waals surface area (Å²) >= 11 is 0. The molecule has 0 aliphatic rings. The summed E-state index contributed by atoms with van der Waals surface area (Å²) in [5, 5.41) is 11.0. The molecule has 1 amide bonds. The van der Waals surface area contributed by atoms with Crippen molar-refractivity contribution in [2.45, 2.75) is 19.4 Å². The minimum atomic E-state index is -0.652. The summed E-state index contributed by atoms with van der Waals surface area (Å²) in [4.78, 5) is 17.8. The van der Waals surface area contributed by atoms with Crippen molar-refractivity contribution >= 4 is 28.9 Å². The van der Waals surface area contributed by atoms with Crippen molar-refractivity contribution in [3.63, 3.8) is 0 Å². The monoisotopic (exact) mass is 397 g/mol. The number of rotatable bonds is 9. The summed E-state index contributed by atoms with van der Waals surface area (Å²) in [6, 6.07) is 9.79. The number of amides is 1. The smallest absolute Gasteiger partial charge is 0.242 e. The first kappa shape index (κ1) is 22.0. The average molecular weight is 397 g/mol. The molecule has 2 aromatic rings. The number of nitrogens with one attached hydrogen (secondary N) is 1.